The van der Waals surface area contributed by atoms with Gasteiger partial charge in [-0.05, 0) is 20.9 Å². The van der Waals surface area contributed by atoms with E-state index in [9.17, 15) is 4.79 Å². The summed E-state index contributed by atoms with van der Waals surface area (Å²) in [6.07, 6.45) is 0.449. The van der Waals surface area contributed by atoms with Gasteiger partial charge in [-0.2, -0.15) is 0 Å². The first-order chi connectivity index (χ1) is 6.20. The molecule has 0 fully saturated rings. The van der Waals surface area contributed by atoms with Crippen LogP contribution in [0.1, 0.15) is 20.3 Å². The first-order valence-electron chi connectivity index (χ1n) is 4.72. The minimum Gasteiger partial charge on any atom is -0.381 e. The van der Waals surface area contributed by atoms with Crippen LogP contribution in [0.15, 0.2) is 0 Å². The van der Waals surface area contributed by atoms with Gasteiger partial charge in [0.2, 0.25) is 5.91 Å². The highest BCUT2D eigenvalue weighted by Gasteiger charge is 2.02. The Morgan fingerprint density at radius 2 is 2.23 bits per heavy atom. The molecule has 0 bridgehead atoms. The normalized spacial score (nSPS) is 12.5. The van der Waals surface area contributed by atoms with Crippen molar-refractivity contribution in [3.05, 3.63) is 0 Å². The molecule has 0 aromatic carbocycles. The molecule has 0 spiro atoms. The molecule has 0 saturated carbocycles. The van der Waals surface area contributed by atoms with E-state index in [0.29, 0.717) is 32.2 Å². The second-order valence-corrected chi connectivity index (χ2v) is 2.94. The number of hydrogen-bond donors (Lipinski definition) is 2. The van der Waals surface area contributed by atoms with E-state index < -0.39 is 0 Å². The Morgan fingerprint density at radius 1 is 1.54 bits per heavy atom. The fourth-order valence-corrected chi connectivity index (χ4v) is 0.767. The standard InChI is InChI=1S/C9H20N2O2/c1-4-13-6-5-9(12)11-7-8(2)10-3/h8,10H,4-7H2,1-3H3,(H,11,12). The van der Waals surface area contributed by atoms with Crippen LogP contribution in [0.4, 0.5) is 0 Å². The Kier molecular flexibility index (Phi) is 7.63. The molecule has 4 nitrogen and oxygen atoms in total. The van der Waals surface area contributed by atoms with E-state index in [2.05, 4.69) is 10.6 Å². The lowest BCUT2D eigenvalue weighted by molar-refractivity contribution is -0.122. The summed E-state index contributed by atoms with van der Waals surface area (Å²) in [5.74, 6) is 0.0514. The predicted molar refractivity (Wildman–Crippen MR) is 52.6 cm³/mol. The summed E-state index contributed by atoms with van der Waals surface area (Å²) in [6.45, 7) is 5.78. The molecule has 0 aliphatic rings. The van der Waals surface area contributed by atoms with Gasteiger partial charge in [-0.3, -0.25) is 4.79 Å². The fourth-order valence-electron chi connectivity index (χ4n) is 0.767. The Hall–Kier alpha value is -0.610. The van der Waals surface area contributed by atoms with Crippen LogP contribution in [0.3, 0.4) is 0 Å². The Balaban J connectivity index is 3.30. The molecule has 2 N–H and O–H groups in total. The topological polar surface area (TPSA) is 50.4 Å². The lowest BCUT2D eigenvalue weighted by Crippen LogP contribution is -2.37. The molecule has 1 amide bonds. The number of carbonyl (C=O) groups excluding carboxylic acids is 1. The number of hydrogen-bond acceptors (Lipinski definition) is 3. The van der Waals surface area contributed by atoms with E-state index in [1.54, 1.807) is 0 Å². The molecule has 0 aliphatic heterocycles. The van der Waals surface area contributed by atoms with Crippen LogP contribution >= 0.6 is 0 Å². The van der Waals surface area contributed by atoms with Crippen LogP contribution in [0.25, 0.3) is 0 Å². The van der Waals surface area contributed by atoms with Crippen molar-refractivity contribution in [3.63, 3.8) is 0 Å². The third-order valence-corrected chi connectivity index (χ3v) is 1.78. The van der Waals surface area contributed by atoms with E-state index in [4.69, 9.17) is 4.74 Å². The van der Waals surface area contributed by atoms with Gasteiger partial charge in [-0.25, -0.2) is 0 Å². The molecule has 4 heteroatoms. The smallest absolute Gasteiger partial charge is 0.222 e. The number of rotatable bonds is 7. The van der Waals surface area contributed by atoms with Crippen molar-refractivity contribution in [1.82, 2.24) is 10.6 Å². The van der Waals surface area contributed by atoms with E-state index >= 15 is 0 Å². The first kappa shape index (κ1) is 12.4. The molecule has 0 aromatic heterocycles. The van der Waals surface area contributed by atoms with Gasteiger partial charge in [0.05, 0.1) is 6.61 Å². The van der Waals surface area contributed by atoms with Gasteiger partial charge in [0.15, 0.2) is 0 Å². The summed E-state index contributed by atoms with van der Waals surface area (Å²) in [4.78, 5) is 11.1. The zero-order chi connectivity index (χ0) is 10.1. The SMILES string of the molecule is CCOCCC(=O)NCC(C)NC. The van der Waals surface area contributed by atoms with Gasteiger partial charge in [-0.1, -0.05) is 0 Å². The highest BCUT2D eigenvalue weighted by atomic mass is 16.5. The predicted octanol–water partition coefficient (Wildman–Crippen LogP) is 0.137. The maximum absolute atomic E-state index is 11.1. The fraction of sp³-hybridized carbons (Fsp3) is 0.889. The molecule has 0 rings (SSSR count). The van der Waals surface area contributed by atoms with Gasteiger partial charge in [0.25, 0.3) is 0 Å². The Labute approximate surface area is 80.0 Å². The molecule has 1 atom stereocenters. The molecule has 13 heavy (non-hydrogen) atoms. The van der Waals surface area contributed by atoms with E-state index in [0.717, 1.165) is 0 Å². The summed E-state index contributed by atoms with van der Waals surface area (Å²) in [5, 5.41) is 5.85. The third-order valence-electron chi connectivity index (χ3n) is 1.78. The number of amides is 1. The van der Waals surface area contributed by atoms with Gasteiger partial charge < -0.3 is 15.4 Å². The van der Waals surface area contributed by atoms with Crippen LogP contribution in [-0.4, -0.2) is 38.8 Å². The van der Waals surface area contributed by atoms with Crippen molar-refractivity contribution in [2.45, 2.75) is 26.3 Å². The first-order valence-corrected chi connectivity index (χ1v) is 4.72. The monoisotopic (exact) mass is 188 g/mol. The summed E-state index contributed by atoms with van der Waals surface area (Å²) < 4.78 is 5.06. The van der Waals surface area contributed by atoms with Gasteiger partial charge >= 0.3 is 0 Å². The van der Waals surface area contributed by atoms with Crippen molar-refractivity contribution in [2.24, 2.45) is 0 Å². The average Bonchev–Trinajstić information content (AvgIpc) is 2.14. The van der Waals surface area contributed by atoms with E-state index in [-0.39, 0.29) is 5.91 Å². The summed E-state index contributed by atoms with van der Waals surface area (Å²) in [6, 6.07) is 0.316. The second kappa shape index (κ2) is 8.01. The number of likely N-dealkylation sites (N-methyl/N-ethyl adjacent to an activating group) is 1. The van der Waals surface area contributed by atoms with Crippen molar-refractivity contribution in [3.8, 4) is 0 Å². The van der Waals surface area contributed by atoms with Crippen LogP contribution in [-0.2, 0) is 9.53 Å². The zero-order valence-corrected chi connectivity index (χ0v) is 8.72. The van der Waals surface area contributed by atoms with Crippen molar-refractivity contribution >= 4 is 5.91 Å². The molecule has 78 valence electrons. The molecule has 0 saturated heterocycles. The van der Waals surface area contributed by atoms with E-state index in [1.807, 2.05) is 20.9 Å². The molecule has 0 aromatic rings. The van der Waals surface area contributed by atoms with E-state index in [1.165, 1.54) is 0 Å². The zero-order valence-electron chi connectivity index (χ0n) is 8.72. The highest BCUT2D eigenvalue weighted by molar-refractivity contribution is 5.75. The molecule has 1 unspecified atom stereocenters. The number of ether oxygens (including phenoxy) is 1. The third kappa shape index (κ3) is 7.74. The van der Waals surface area contributed by atoms with Crippen LogP contribution in [0, 0.1) is 0 Å². The van der Waals surface area contributed by atoms with Crippen LogP contribution < -0.4 is 10.6 Å². The van der Waals surface area contributed by atoms with Gasteiger partial charge in [0.1, 0.15) is 0 Å². The summed E-state index contributed by atoms with van der Waals surface area (Å²) in [5.41, 5.74) is 0. The van der Waals surface area contributed by atoms with Gasteiger partial charge in [-0.15, -0.1) is 0 Å². The van der Waals surface area contributed by atoms with Crippen molar-refractivity contribution < 1.29 is 9.53 Å². The largest absolute Gasteiger partial charge is 0.381 e. The molecule has 0 radical (unpaired) electrons. The van der Waals surface area contributed by atoms with Crippen molar-refractivity contribution in [1.29, 1.82) is 0 Å². The van der Waals surface area contributed by atoms with Crippen molar-refractivity contribution in [2.75, 3.05) is 26.8 Å². The molecular formula is C9H20N2O2. The maximum atomic E-state index is 11.1. The van der Waals surface area contributed by atoms with Crippen LogP contribution in [0.2, 0.25) is 0 Å². The quantitative estimate of drug-likeness (QED) is 0.559. The lowest BCUT2D eigenvalue weighted by atomic mass is 10.3. The summed E-state index contributed by atoms with van der Waals surface area (Å²) >= 11 is 0. The molecular weight excluding hydrogens is 168 g/mol. The average molecular weight is 188 g/mol. The number of nitrogens with one attached hydrogen (secondary N) is 2. The highest BCUT2D eigenvalue weighted by Crippen LogP contribution is 1.83. The van der Waals surface area contributed by atoms with Gasteiger partial charge in [0, 0.05) is 25.6 Å². The molecule has 0 heterocycles. The number of carbonyl (C=O) groups is 1. The minimum absolute atomic E-state index is 0.0514. The minimum atomic E-state index is 0.0514. The lowest BCUT2D eigenvalue weighted by Gasteiger charge is -2.11. The summed E-state index contributed by atoms with van der Waals surface area (Å²) in [7, 11) is 1.87. The van der Waals surface area contributed by atoms with Crippen LogP contribution in [0.5, 0.6) is 0 Å². The Morgan fingerprint density at radius 3 is 2.77 bits per heavy atom. The Bertz CT molecular complexity index is 140. The second-order valence-electron chi connectivity index (χ2n) is 2.94. The molecule has 0 aliphatic carbocycles. The maximum Gasteiger partial charge on any atom is 0.222 e.